The molecule has 2 aromatic heterocycles. The van der Waals surface area contributed by atoms with Crippen LogP contribution in [0.15, 0.2) is 57.7 Å². The second-order valence-electron chi connectivity index (χ2n) is 7.12. The molecule has 1 atom stereocenters. The van der Waals surface area contributed by atoms with Crippen molar-refractivity contribution >= 4 is 38.6 Å². The smallest absolute Gasteiger partial charge is 0.408 e. The van der Waals surface area contributed by atoms with Gasteiger partial charge in [0.15, 0.2) is 5.58 Å². The Bertz CT molecular complexity index is 1190. The van der Waals surface area contributed by atoms with Gasteiger partial charge in [-0.1, -0.05) is 24.3 Å². The van der Waals surface area contributed by atoms with E-state index in [0.717, 1.165) is 23.4 Å². The fourth-order valence-electron chi connectivity index (χ4n) is 3.87. The average Bonchev–Trinajstić information content (AvgIpc) is 3.29. The van der Waals surface area contributed by atoms with Crippen LogP contribution in [0.25, 0.3) is 21.3 Å². The van der Waals surface area contributed by atoms with E-state index in [4.69, 9.17) is 9.40 Å². The summed E-state index contributed by atoms with van der Waals surface area (Å²) in [7, 11) is 0. The van der Waals surface area contributed by atoms with Crippen molar-refractivity contribution in [3.63, 3.8) is 0 Å². The third-order valence-corrected chi connectivity index (χ3v) is 6.50. The number of benzene rings is 2. The first kappa shape index (κ1) is 17.2. The van der Waals surface area contributed by atoms with Gasteiger partial charge in [0.05, 0.1) is 20.7 Å². The lowest BCUT2D eigenvalue weighted by Gasteiger charge is -2.31. The van der Waals surface area contributed by atoms with E-state index in [9.17, 15) is 9.59 Å². The number of rotatable bonds is 3. The maximum Gasteiger partial charge on any atom is 0.420 e. The molecule has 2 aromatic carbocycles. The minimum atomic E-state index is -0.491. The Morgan fingerprint density at radius 1 is 1.18 bits per heavy atom. The van der Waals surface area contributed by atoms with Crippen molar-refractivity contribution in [3.8, 4) is 0 Å². The monoisotopic (exact) mass is 393 g/mol. The van der Waals surface area contributed by atoms with E-state index in [1.54, 1.807) is 23.5 Å². The van der Waals surface area contributed by atoms with Gasteiger partial charge < -0.3 is 9.32 Å². The molecule has 5 rings (SSSR count). The highest BCUT2D eigenvalue weighted by Gasteiger charge is 2.27. The standard InChI is InChI=1S/C21H19N3O3S/c25-19(13-24-16-8-2-3-9-17(16)27-21(24)26)23-11-5-6-14(12-23)20-22-15-7-1-4-10-18(15)28-20/h1-4,7-10,14H,5-6,11-13H2/t14-/m1/s1. The number of amides is 1. The Labute approximate surface area is 165 Å². The largest absolute Gasteiger partial charge is 0.420 e. The van der Waals surface area contributed by atoms with Crippen molar-refractivity contribution in [2.75, 3.05) is 13.1 Å². The van der Waals surface area contributed by atoms with Crippen molar-refractivity contribution < 1.29 is 9.21 Å². The van der Waals surface area contributed by atoms with Gasteiger partial charge in [0, 0.05) is 19.0 Å². The van der Waals surface area contributed by atoms with Crippen LogP contribution >= 0.6 is 11.3 Å². The zero-order valence-electron chi connectivity index (χ0n) is 15.2. The number of carbonyl (C=O) groups excluding carboxylic acids is 1. The Morgan fingerprint density at radius 2 is 2.00 bits per heavy atom. The molecule has 6 nitrogen and oxygen atoms in total. The first-order valence-electron chi connectivity index (χ1n) is 9.40. The molecule has 3 heterocycles. The Hall–Kier alpha value is -2.93. The molecule has 0 aliphatic carbocycles. The van der Waals surface area contributed by atoms with Gasteiger partial charge in [-0.05, 0) is 37.1 Å². The number of carbonyl (C=O) groups is 1. The summed E-state index contributed by atoms with van der Waals surface area (Å²) in [4.78, 5) is 31.7. The van der Waals surface area contributed by atoms with Crippen molar-refractivity contribution in [2.45, 2.75) is 25.3 Å². The summed E-state index contributed by atoms with van der Waals surface area (Å²) in [5.41, 5.74) is 2.18. The van der Waals surface area contributed by atoms with Crippen molar-refractivity contribution in [1.82, 2.24) is 14.5 Å². The fraction of sp³-hybridized carbons (Fsp3) is 0.286. The van der Waals surface area contributed by atoms with E-state index in [1.165, 1.54) is 9.27 Å². The minimum Gasteiger partial charge on any atom is -0.408 e. The number of oxazole rings is 1. The Balaban J connectivity index is 1.36. The predicted molar refractivity (Wildman–Crippen MR) is 109 cm³/mol. The van der Waals surface area contributed by atoms with E-state index < -0.39 is 5.76 Å². The molecule has 0 unspecified atom stereocenters. The number of aromatic nitrogens is 2. The highest BCUT2D eigenvalue weighted by Crippen LogP contribution is 2.33. The molecule has 1 aliphatic heterocycles. The van der Waals surface area contributed by atoms with Crippen LogP contribution in [0.5, 0.6) is 0 Å². The Morgan fingerprint density at radius 3 is 2.89 bits per heavy atom. The van der Waals surface area contributed by atoms with Crippen molar-refractivity contribution in [1.29, 1.82) is 0 Å². The summed E-state index contributed by atoms with van der Waals surface area (Å²) < 4.78 is 7.83. The predicted octanol–water partition coefficient (Wildman–Crippen LogP) is 3.61. The topological polar surface area (TPSA) is 68.3 Å². The van der Waals surface area contributed by atoms with Crippen LogP contribution in [0.4, 0.5) is 0 Å². The van der Waals surface area contributed by atoms with Gasteiger partial charge in [-0.15, -0.1) is 11.3 Å². The van der Waals surface area contributed by atoms with Gasteiger partial charge in [-0.25, -0.2) is 9.78 Å². The SMILES string of the molecule is O=C(Cn1c(=O)oc2ccccc21)N1CCC[C@@H](c2nc3ccccc3s2)C1. The molecule has 1 fully saturated rings. The third-order valence-electron chi connectivity index (χ3n) is 5.30. The lowest BCUT2D eigenvalue weighted by atomic mass is 9.98. The van der Waals surface area contributed by atoms with Crippen molar-refractivity contribution in [3.05, 3.63) is 64.1 Å². The molecule has 28 heavy (non-hydrogen) atoms. The normalized spacial score (nSPS) is 17.4. The van der Waals surface area contributed by atoms with Crippen LogP contribution < -0.4 is 5.76 Å². The number of hydrogen-bond acceptors (Lipinski definition) is 5. The maximum atomic E-state index is 12.9. The number of fused-ring (bicyclic) bond motifs is 2. The van der Waals surface area contributed by atoms with E-state index in [1.807, 2.05) is 35.2 Å². The average molecular weight is 393 g/mol. The van der Waals surface area contributed by atoms with Crippen LogP contribution in [-0.4, -0.2) is 33.4 Å². The molecule has 142 valence electrons. The van der Waals surface area contributed by atoms with Crippen LogP contribution in [0.1, 0.15) is 23.8 Å². The van der Waals surface area contributed by atoms with Gasteiger partial charge in [-0.3, -0.25) is 9.36 Å². The van der Waals surface area contributed by atoms with Crippen LogP contribution in [-0.2, 0) is 11.3 Å². The first-order chi connectivity index (χ1) is 13.7. The van der Waals surface area contributed by atoms with E-state index >= 15 is 0 Å². The van der Waals surface area contributed by atoms with E-state index in [-0.39, 0.29) is 18.4 Å². The highest BCUT2D eigenvalue weighted by molar-refractivity contribution is 7.18. The lowest BCUT2D eigenvalue weighted by molar-refractivity contribution is -0.133. The van der Waals surface area contributed by atoms with Crippen LogP contribution in [0, 0.1) is 0 Å². The molecule has 1 saturated heterocycles. The number of nitrogens with zero attached hydrogens (tertiary/aromatic N) is 3. The van der Waals surface area contributed by atoms with Gasteiger partial charge in [0.2, 0.25) is 5.91 Å². The van der Waals surface area contributed by atoms with Crippen LogP contribution in [0.2, 0.25) is 0 Å². The summed E-state index contributed by atoms with van der Waals surface area (Å²) in [6, 6.07) is 15.3. The molecule has 0 spiro atoms. The van der Waals surface area contributed by atoms with Gasteiger partial charge in [-0.2, -0.15) is 0 Å². The number of para-hydroxylation sites is 3. The Kier molecular flexibility index (Phi) is 4.24. The molecule has 0 saturated carbocycles. The second kappa shape index (κ2) is 6.91. The minimum absolute atomic E-state index is 0.00239. The number of piperidine rings is 1. The third kappa shape index (κ3) is 3.01. The second-order valence-corrected chi connectivity index (χ2v) is 8.18. The fourth-order valence-corrected chi connectivity index (χ4v) is 4.96. The van der Waals surface area contributed by atoms with Gasteiger partial charge in [0.25, 0.3) is 0 Å². The van der Waals surface area contributed by atoms with E-state index in [2.05, 4.69) is 6.07 Å². The zero-order chi connectivity index (χ0) is 19.1. The molecular weight excluding hydrogens is 374 g/mol. The zero-order valence-corrected chi connectivity index (χ0v) is 16.0. The molecule has 4 aromatic rings. The number of likely N-dealkylation sites (tertiary alicyclic amines) is 1. The maximum absolute atomic E-state index is 12.9. The summed E-state index contributed by atoms with van der Waals surface area (Å²) in [6.45, 7) is 1.36. The molecule has 0 radical (unpaired) electrons. The quantitative estimate of drug-likeness (QED) is 0.533. The van der Waals surface area contributed by atoms with E-state index in [0.29, 0.717) is 24.2 Å². The molecular formula is C21H19N3O3S. The molecule has 0 N–H and O–H groups in total. The molecule has 7 heteroatoms. The molecule has 1 aliphatic rings. The lowest BCUT2D eigenvalue weighted by Crippen LogP contribution is -2.41. The summed E-state index contributed by atoms with van der Waals surface area (Å²) >= 11 is 1.71. The van der Waals surface area contributed by atoms with Gasteiger partial charge >= 0.3 is 5.76 Å². The number of thiazole rings is 1. The highest BCUT2D eigenvalue weighted by atomic mass is 32.1. The summed E-state index contributed by atoms with van der Waals surface area (Å²) in [5, 5.41) is 1.09. The summed E-state index contributed by atoms with van der Waals surface area (Å²) in [5.74, 6) is -0.304. The molecule has 0 bridgehead atoms. The first-order valence-corrected chi connectivity index (χ1v) is 10.2. The van der Waals surface area contributed by atoms with Gasteiger partial charge in [0.1, 0.15) is 6.54 Å². The van der Waals surface area contributed by atoms with Crippen molar-refractivity contribution in [2.24, 2.45) is 0 Å². The molecule has 1 amide bonds. The summed E-state index contributed by atoms with van der Waals surface area (Å²) in [6.07, 6.45) is 1.96. The van der Waals surface area contributed by atoms with Crippen LogP contribution in [0.3, 0.4) is 0 Å². The number of hydrogen-bond donors (Lipinski definition) is 0.